The molecule has 0 aliphatic rings. The van der Waals surface area contributed by atoms with Crippen molar-refractivity contribution >= 4 is 22.6 Å². The number of nitrogens with zero attached hydrogens (tertiary/aromatic N) is 1. The molecule has 0 bridgehead atoms. The van der Waals surface area contributed by atoms with E-state index < -0.39 is 3.55 Å². The van der Waals surface area contributed by atoms with Crippen molar-refractivity contribution in [2.45, 2.75) is 17.4 Å². The summed E-state index contributed by atoms with van der Waals surface area (Å²) in [5.41, 5.74) is 0. The summed E-state index contributed by atoms with van der Waals surface area (Å²) >= 11 is 1.96. The molecule has 0 amide bonds. The van der Waals surface area contributed by atoms with E-state index in [0.29, 0.717) is 0 Å². The van der Waals surface area contributed by atoms with Crippen LogP contribution in [-0.2, 0) is 0 Å². The number of halogens is 1. The highest BCUT2D eigenvalue weighted by molar-refractivity contribution is 14.1. The minimum Gasteiger partial charge on any atom is -0.149 e. The lowest BCUT2D eigenvalue weighted by atomic mass is 10.4. The smallest absolute Gasteiger partial charge is 0.147 e. The molecule has 0 heterocycles. The van der Waals surface area contributed by atoms with Crippen molar-refractivity contribution in [1.29, 1.82) is 0 Å². The molecule has 0 radical (unpaired) electrons. The third kappa shape index (κ3) is 4.33. The minimum atomic E-state index is -0.419. The van der Waals surface area contributed by atoms with Crippen LogP contribution >= 0.6 is 22.6 Å². The van der Waals surface area contributed by atoms with Gasteiger partial charge in [-0.2, -0.15) is 0 Å². The van der Waals surface area contributed by atoms with E-state index >= 15 is 0 Å². The number of hydrogen-bond acceptors (Lipinski definition) is 2. The maximum atomic E-state index is 9.57. The van der Waals surface area contributed by atoms with Crippen LogP contribution in [0.4, 0.5) is 0 Å². The fourth-order valence-corrected chi connectivity index (χ4v) is 0. The Hall–Kier alpha value is 0.330. The molecule has 0 atom stereocenters. The van der Waals surface area contributed by atoms with E-state index in [4.69, 9.17) is 0 Å². The van der Waals surface area contributed by atoms with E-state index in [0.717, 1.165) is 0 Å². The summed E-state index contributed by atoms with van der Waals surface area (Å²) in [6.45, 7) is 3.50. The SMILES string of the molecule is CC(C)(I)N=O. The molecule has 0 unspecified atom stereocenters. The molecule has 0 aliphatic heterocycles. The van der Waals surface area contributed by atoms with Crippen LogP contribution in [-0.4, -0.2) is 3.55 Å². The van der Waals surface area contributed by atoms with Crippen molar-refractivity contribution < 1.29 is 0 Å². The normalized spacial score (nSPS) is 11.2. The first kappa shape index (κ1) is 6.33. The fraction of sp³-hybridized carbons (Fsp3) is 1.00. The summed E-state index contributed by atoms with van der Waals surface area (Å²) in [6, 6.07) is 0. The Morgan fingerprint density at radius 3 is 1.83 bits per heavy atom. The Labute approximate surface area is 50.4 Å². The zero-order valence-electron chi connectivity index (χ0n) is 3.73. The maximum absolute atomic E-state index is 9.57. The minimum absolute atomic E-state index is 0.419. The molecule has 0 saturated heterocycles. The van der Waals surface area contributed by atoms with Gasteiger partial charge in [0, 0.05) is 0 Å². The zero-order chi connectivity index (χ0) is 5.21. The second-order valence-corrected chi connectivity index (χ2v) is 4.14. The van der Waals surface area contributed by atoms with Crippen LogP contribution in [0.25, 0.3) is 0 Å². The highest BCUT2D eigenvalue weighted by Crippen LogP contribution is 2.16. The lowest BCUT2D eigenvalue weighted by Crippen LogP contribution is -2.00. The third-order valence-corrected chi connectivity index (χ3v) is 0.414. The largest absolute Gasteiger partial charge is 0.149 e. The first-order valence-corrected chi connectivity index (χ1v) is 2.67. The van der Waals surface area contributed by atoms with Gasteiger partial charge in [0.05, 0.1) is 0 Å². The summed E-state index contributed by atoms with van der Waals surface area (Å²) in [7, 11) is 0. The lowest BCUT2D eigenvalue weighted by Gasteiger charge is -1.99. The summed E-state index contributed by atoms with van der Waals surface area (Å²) in [5, 5.41) is 2.76. The van der Waals surface area contributed by atoms with Gasteiger partial charge in [-0.15, -0.1) is 4.91 Å². The number of rotatable bonds is 1. The van der Waals surface area contributed by atoms with Gasteiger partial charge in [-0.1, -0.05) is 5.18 Å². The summed E-state index contributed by atoms with van der Waals surface area (Å²) in [4.78, 5) is 9.57. The molecular formula is C3H6INO. The molecule has 0 saturated carbocycles. The monoisotopic (exact) mass is 199 g/mol. The Morgan fingerprint density at radius 1 is 1.67 bits per heavy atom. The second kappa shape index (κ2) is 1.86. The highest BCUT2D eigenvalue weighted by atomic mass is 127. The molecular weight excluding hydrogens is 193 g/mol. The quantitative estimate of drug-likeness (QED) is 0.274. The van der Waals surface area contributed by atoms with Crippen LogP contribution in [0.3, 0.4) is 0 Å². The van der Waals surface area contributed by atoms with E-state index in [9.17, 15) is 4.91 Å². The van der Waals surface area contributed by atoms with Crippen LogP contribution in [0.2, 0.25) is 0 Å². The van der Waals surface area contributed by atoms with Gasteiger partial charge in [0.1, 0.15) is 3.55 Å². The molecule has 0 aromatic heterocycles. The van der Waals surface area contributed by atoms with Gasteiger partial charge in [-0.3, -0.25) is 0 Å². The average Bonchev–Trinajstić information content (AvgIpc) is 1.35. The average molecular weight is 199 g/mol. The predicted molar refractivity (Wildman–Crippen MR) is 33.9 cm³/mol. The van der Waals surface area contributed by atoms with Gasteiger partial charge < -0.3 is 0 Å². The molecule has 0 aromatic carbocycles. The molecule has 0 fully saturated rings. The van der Waals surface area contributed by atoms with Gasteiger partial charge in [-0.05, 0) is 36.4 Å². The van der Waals surface area contributed by atoms with Crippen LogP contribution in [0, 0.1) is 4.91 Å². The van der Waals surface area contributed by atoms with E-state index in [2.05, 4.69) is 5.18 Å². The van der Waals surface area contributed by atoms with Crippen molar-refractivity contribution in [2.24, 2.45) is 5.18 Å². The predicted octanol–water partition coefficient (Wildman–Crippen LogP) is 1.92. The van der Waals surface area contributed by atoms with E-state index in [-0.39, 0.29) is 0 Å². The standard InChI is InChI=1S/C3H6INO/c1-3(2,4)5-6/h1-2H3. The second-order valence-electron chi connectivity index (χ2n) is 1.50. The van der Waals surface area contributed by atoms with E-state index in [1.54, 1.807) is 13.8 Å². The fourth-order valence-electron chi connectivity index (χ4n) is 0. The van der Waals surface area contributed by atoms with Crippen molar-refractivity contribution in [2.75, 3.05) is 0 Å². The zero-order valence-corrected chi connectivity index (χ0v) is 5.89. The molecule has 6 heavy (non-hydrogen) atoms. The molecule has 36 valence electrons. The van der Waals surface area contributed by atoms with Crippen molar-refractivity contribution in [1.82, 2.24) is 0 Å². The van der Waals surface area contributed by atoms with Gasteiger partial charge in [-0.25, -0.2) is 0 Å². The first-order valence-electron chi connectivity index (χ1n) is 1.60. The molecule has 0 aliphatic carbocycles. The molecule has 3 heteroatoms. The first-order chi connectivity index (χ1) is 2.56. The Morgan fingerprint density at radius 2 is 1.83 bits per heavy atom. The van der Waals surface area contributed by atoms with Crippen LogP contribution in [0.5, 0.6) is 0 Å². The van der Waals surface area contributed by atoms with Gasteiger partial charge >= 0.3 is 0 Å². The number of alkyl halides is 1. The van der Waals surface area contributed by atoms with Gasteiger partial charge in [0.15, 0.2) is 0 Å². The van der Waals surface area contributed by atoms with Crippen LogP contribution in [0.15, 0.2) is 5.18 Å². The Kier molecular flexibility index (Phi) is 1.96. The summed E-state index contributed by atoms with van der Waals surface area (Å²) in [6.07, 6.45) is 0. The number of hydrogen-bond donors (Lipinski definition) is 0. The molecule has 0 N–H and O–H groups in total. The molecule has 0 spiro atoms. The Balaban J connectivity index is 3.45. The summed E-state index contributed by atoms with van der Waals surface area (Å²) in [5.74, 6) is 0. The van der Waals surface area contributed by atoms with E-state index in [1.165, 1.54) is 0 Å². The topological polar surface area (TPSA) is 29.4 Å². The van der Waals surface area contributed by atoms with Crippen LogP contribution in [0.1, 0.15) is 13.8 Å². The van der Waals surface area contributed by atoms with Crippen molar-refractivity contribution in [3.05, 3.63) is 4.91 Å². The number of nitroso groups, excluding NO2 is 1. The summed E-state index contributed by atoms with van der Waals surface area (Å²) < 4.78 is -0.419. The molecule has 2 nitrogen and oxygen atoms in total. The Bertz CT molecular complexity index is 56.3. The molecule has 0 aromatic rings. The molecule has 0 rings (SSSR count). The van der Waals surface area contributed by atoms with Gasteiger partial charge in [0.25, 0.3) is 0 Å². The highest BCUT2D eigenvalue weighted by Gasteiger charge is 2.09. The van der Waals surface area contributed by atoms with Gasteiger partial charge in [0.2, 0.25) is 0 Å². The lowest BCUT2D eigenvalue weighted by molar-refractivity contribution is 0.794. The van der Waals surface area contributed by atoms with Crippen molar-refractivity contribution in [3.63, 3.8) is 0 Å². The maximum Gasteiger partial charge on any atom is 0.147 e. The van der Waals surface area contributed by atoms with Crippen molar-refractivity contribution in [3.8, 4) is 0 Å². The van der Waals surface area contributed by atoms with E-state index in [1.807, 2.05) is 22.6 Å². The third-order valence-electron chi connectivity index (χ3n) is 0.217. The van der Waals surface area contributed by atoms with Crippen LogP contribution < -0.4 is 0 Å².